The van der Waals surface area contributed by atoms with E-state index in [2.05, 4.69) is 0 Å². The van der Waals surface area contributed by atoms with Crippen LogP contribution in [0.5, 0.6) is 11.5 Å². The third-order valence-corrected chi connectivity index (χ3v) is 6.98. The number of hydrogen-bond donors (Lipinski definition) is 0. The van der Waals surface area contributed by atoms with Gasteiger partial charge in [-0.2, -0.15) is 0 Å². The fourth-order valence-electron chi connectivity index (χ4n) is 4.71. The van der Waals surface area contributed by atoms with Gasteiger partial charge in [0.25, 0.3) is 5.91 Å². The summed E-state index contributed by atoms with van der Waals surface area (Å²) in [6.07, 6.45) is 0. The molecule has 6 heteroatoms. The number of amides is 1. The summed E-state index contributed by atoms with van der Waals surface area (Å²) in [5.74, 6) is 0.807. The molecular weight excluding hydrogens is 442 g/mol. The molecule has 0 spiro atoms. The molecule has 0 fully saturated rings. The van der Waals surface area contributed by atoms with E-state index >= 15 is 0 Å². The van der Waals surface area contributed by atoms with Crippen molar-refractivity contribution in [3.63, 3.8) is 0 Å². The van der Waals surface area contributed by atoms with Crippen molar-refractivity contribution in [3.8, 4) is 11.5 Å². The van der Waals surface area contributed by atoms with E-state index in [-0.39, 0.29) is 17.1 Å². The smallest absolute Gasteiger partial charge is 0.295 e. The average molecular weight is 470 g/mol. The molecule has 6 nitrogen and oxygen atoms in total. The van der Waals surface area contributed by atoms with E-state index in [0.717, 1.165) is 27.8 Å². The van der Waals surface area contributed by atoms with Gasteiger partial charge in [0, 0.05) is 5.69 Å². The van der Waals surface area contributed by atoms with E-state index in [1.807, 2.05) is 70.2 Å². The number of carbonyl (C=O) groups excluding carboxylic acids is 1. The SMILES string of the molecule is COc1ccc(C2c3c(oc4cc(C)c(C)cc4c3=O)C(=O)N2c2ccc(C)c(C)c2)cc1OC. The van der Waals surface area contributed by atoms with Gasteiger partial charge in [0.15, 0.2) is 16.9 Å². The predicted octanol–water partition coefficient (Wildman–Crippen LogP) is 5.79. The Bertz CT molecular complexity index is 1570. The second-order valence-corrected chi connectivity index (χ2v) is 9.07. The Balaban J connectivity index is 1.83. The summed E-state index contributed by atoms with van der Waals surface area (Å²) >= 11 is 0. The highest BCUT2D eigenvalue weighted by molar-refractivity contribution is 6.10. The van der Waals surface area contributed by atoms with Crippen LogP contribution in [0.25, 0.3) is 11.0 Å². The van der Waals surface area contributed by atoms with Gasteiger partial charge in [0.05, 0.1) is 31.2 Å². The van der Waals surface area contributed by atoms with Crippen molar-refractivity contribution in [1.29, 1.82) is 0 Å². The van der Waals surface area contributed by atoms with E-state index in [1.54, 1.807) is 25.2 Å². The standard InChI is InChI=1S/C29H27NO5/c1-15-7-9-20(11-16(15)2)30-26(19-8-10-22(33-5)24(14-19)34-6)25-27(31)21-12-17(3)18(4)13-23(21)35-28(25)29(30)32/h7-14,26H,1-6H3. The van der Waals surface area contributed by atoms with Crippen LogP contribution in [-0.4, -0.2) is 20.1 Å². The second kappa shape index (κ2) is 8.31. The Hall–Kier alpha value is -4.06. The Kier molecular flexibility index (Phi) is 5.39. The van der Waals surface area contributed by atoms with E-state index < -0.39 is 6.04 Å². The first-order chi connectivity index (χ1) is 16.7. The number of aryl methyl sites for hydroxylation is 4. The Morgan fingerprint density at radius 2 is 1.46 bits per heavy atom. The van der Waals surface area contributed by atoms with Crippen molar-refractivity contribution in [2.45, 2.75) is 33.7 Å². The normalized spacial score (nSPS) is 15.0. The van der Waals surface area contributed by atoms with Crippen LogP contribution in [0.2, 0.25) is 0 Å². The number of carbonyl (C=O) groups is 1. The first-order valence-corrected chi connectivity index (χ1v) is 11.5. The van der Waals surface area contributed by atoms with Gasteiger partial charge in [0.1, 0.15) is 5.58 Å². The third-order valence-electron chi connectivity index (χ3n) is 6.98. The Morgan fingerprint density at radius 3 is 2.14 bits per heavy atom. The van der Waals surface area contributed by atoms with Crippen LogP contribution in [0.4, 0.5) is 5.69 Å². The van der Waals surface area contributed by atoms with Crippen molar-refractivity contribution in [1.82, 2.24) is 0 Å². The molecule has 0 saturated carbocycles. The van der Waals surface area contributed by atoms with Crippen molar-refractivity contribution >= 4 is 22.6 Å². The Labute approximate surface area is 203 Å². The van der Waals surface area contributed by atoms with Crippen molar-refractivity contribution in [3.05, 3.63) is 97.9 Å². The number of rotatable bonds is 4. The molecule has 0 N–H and O–H groups in total. The van der Waals surface area contributed by atoms with E-state index in [9.17, 15) is 9.59 Å². The maximum Gasteiger partial charge on any atom is 0.295 e. The van der Waals surface area contributed by atoms with Crippen LogP contribution >= 0.6 is 0 Å². The monoisotopic (exact) mass is 469 g/mol. The molecule has 0 radical (unpaired) electrons. The van der Waals surface area contributed by atoms with Crippen LogP contribution in [0, 0.1) is 27.7 Å². The zero-order valence-electron chi connectivity index (χ0n) is 20.7. The highest BCUT2D eigenvalue weighted by atomic mass is 16.5. The lowest BCUT2D eigenvalue weighted by Crippen LogP contribution is -2.29. The van der Waals surface area contributed by atoms with Crippen molar-refractivity contribution in [2.24, 2.45) is 0 Å². The second-order valence-electron chi connectivity index (χ2n) is 9.07. The first-order valence-electron chi connectivity index (χ1n) is 11.5. The maximum absolute atomic E-state index is 13.9. The van der Waals surface area contributed by atoms with Gasteiger partial charge in [0.2, 0.25) is 5.76 Å². The zero-order chi connectivity index (χ0) is 25.0. The molecule has 0 saturated heterocycles. The molecule has 3 aromatic carbocycles. The molecule has 5 rings (SSSR count). The minimum Gasteiger partial charge on any atom is -0.493 e. The highest BCUT2D eigenvalue weighted by Crippen LogP contribution is 2.43. The molecule has 1 aliphatic rings. The average Bonchev–Trinajstić information content (AvgIpc) is 3.14. The van der Waals surface area contributed by atoms with Crippen LogP contribution in [0.1, 0.15) is 50.0 Å². The molecule has 2 heterocycles. The molecule has 1 unspecified atom stereocenters. The molecule has 0 aliphatic carbocycles. The fourth-order valence-corrected chi connectivity index (χ4v) is 4.71. The van der Waals surface area contributed by atoms with E-state index in [1.165, 1.54) is 0 Å². The van der Waals surface area contributed by atoms with E-state index in [4.69, 9.17) is 13.9 Å². The number of fused-ring (bicyclic) bond motifs is 2. The van der Waals surface area contributed by atoms with Crippen LogP contribution in [0.3, 0.4) is 0 Å². The van der Waals surface area contributed by atoms with Crippen LogP contribution in [-0.2, 0) is 0 Å². The number of anilines is 1. The number of benzene rings is 3. The summed E-state index contributed by atoms with van der Waals surface area (Å²) in [6.45, 7) is 7.94. The molecule has 1 atom stereocenters. The predicted molar refractivity (Wildman–Crippen MR) is 136 cm³/mol. The molecule has 1 aromatic heterocycles. The lowest BCUT2D eigenvalue weighted by atomic mass is 9.96. The van der Waals surface area contributed by atoms with Gasteiger partial charge in [-0.15, -0.1) is 0 Å². The molecule has 1 aliphatic heterocycles. The number of ether oxygens (including phenoxy) is 2. The summed E-state index contributed by atoms with van der Waals surface area (Å²) in [7, 11) is 3.13. The molecule has 0 bridgehead atoms. The van der Waals surface area contributed by atoms with Crippen molar-refractivity contribution in [2.75, 3.05) is 19.1 Å². The minimum atomic E-state index is -0.679. The summed E-state index contributed by atoms with van der Waals surface area (Å²) in [6, 6.07) is 14.3. The van der Waals surface area contributed by atoms with Gasteiger partial charge < -0.3 is 13.9 Å². The summed E-state index contributed by atoms with van der Waals surface area (Å²) in [5.41, 5.74) is 6.11. The van der Waals surface area contributed by atoms with Gasteiger partial charge >= 0.3 is 0 Å². The molecule has 4 aromatic rings. The molecule has 1 amide bonds. The highest BCUT2D eigenvalue weighted by Gasteiger charge is 2.44. The topological polar surface area (TPSA) is 69.0 Å². The van der Waals surface area contributed by atoms with Gasteiger partial charge in [-0.3, -0.25) is 14.5 Å². The van der Waals surface area contributed by atoms with Gasteiger partial charge in [-0.1, -0.05) is 12.1 Å². The number of methoxy groups -OCH3 is 2. The lowest BCUT2D eigenvalue weighted by Gasteiger charge is -2.26. The minimum absolute atomic E-state index is 0.0729. The van der Waals surface area contributed by atoms with E-state index in [0.29, 0.717) is 33.7 Å². The summed E-state index contributed by atoms with van der Waals surface area (Å²) < 4.78 is 17.1. The van der Waals surface area contributed by atoms with Crippen LogP contribution in [0.15, 0.2) is 57.7 Å². The van der Waals surface area contributed by atoms with Gasteiger partial charge in [-0.05, 0) is 91.9 Å². The summed E-state index contributed by atoms with van der Waals surface area (Å²) in [4.78, 5) is 29.4. The molecular formula is C29H27NO5. The number of nitrogens with zero attached hydrogens (tertiary/aromatic N) is 1. The van der Waals surface area contributed by atoms with Gasteiger partial charge in [-0.25, -0.2) is 0 Å². The maximum atomic E-state index is 13.9. The largest absolute Gasteiger partial charge is 0.493 e. The third kappa shape index (κ3) is 3.48. The zero-order valence-corrected chi connectivity index (χ0v) is 20.7. The molecule has 178 valence electrons. The quantitative estimate of drug-likeness (QED) is 0.378. The van der Waals surface area contributed by atoms with Crippen molar-refractivity contribution < 1.29 is 18.7 Å². The summed E-state index contributed by atoms with van der Waals surface area (Å²) in [5, 5.41) is 0.465. The van der Waals surface area contributed by atoms with Crippen LogP contribution < -0.4 is 19.8 Å². The number of hydrogen-bond acceptors (Lipinski definition) is 5. The lowest BCUT2D eigenvalue weighted by molar-refractivity contribution is 0.0971. The Morgan fingerprint density at radius 1 is 0.771 bits per heavy atom. The molecule has 35 heavy (non-hydrogen) atoms. The first kappa shape index (κ1) is 22.7. The fraction of sp³-hybridized carbons (Fsp3) is 0.241.